The van der Waals surface area contributed by atoms with Gasteiger partial charge in [0.05, 0.1) is 7.11 Å². The fourth-order valence-corrected chi connectivity index (χ4v) is 3.52. The summed E-state index contributed by atoms with van der Waals surface area (Å²) in [6.45, 7) is 2.81. The largest absolute Gasteiger partial charge is 0.494 e. The lowest BCUT2D eigenvalue weighted by molar-refractivity contribution is 0.170. The molecule has 134 valence electrons. The molecule has 2 aromatic rings. The van der Waals surface area contributed by atoms with Gasteiger partial charge in [0.25, 0.3) is 0 Å². The van der Waals surface area contributed by atoms with Crippen LogP contribution in [0.5, 0.6) is 5.75 Å². The molecule has 0 radical (unpaired) electrons. The number of benzene rings is 1. The summed E-state index contributed by atoms with van der Waals surface area (Å²) in [6, 6.07) is 5.21. The number of piperidine rings is 1. The molecule has 1 aliphatic carbocycles. The molecule has 6 heteroatoms. The number of methoxy groups -OCH3 is 1. The van der Waals surface area contributed by atoms with Crippen LogP contribution in [0.3, 0.4) is 0 Å². The molecular formula is C19H24FN3O2. The maximum atomic E-state index is 13.8. The van der Waals surface area contributed by atoms with Crippen LogP contribution in [0.15, 0.2) is 22.7 Å². The Morgan fingerprint density at radius 1 is 1.24 bits per heavy atom. The van der Waals surface area contributed by atoms with Gasteiger partial charge in [-0.15, -0.1) is 0 Å². The maximum Gasteiger partial charge on any atom is 0.226 e. The molecule has 0 N–H and O–H groups in total. The van der Waals surface area contributed by atoms with Gasteiger partial charge < -0.3 is 9.26 Å². The zero-order chi connectivity index (χ0) is 17.2. The number of halogens is 1. The lowest BCUT2D eigenvalue weighted by Crippen LogP contribution is -2.33. The predicted molar refractivity (Wildman–Crippen MR) is 90.9 cm³/mol. The van der Waals surface area contributed by atoms with Gasteiger partial charge in [0.15, 0.2) is 17.4 Å². The van der Waals surface area contributed by atoms with Gasteiger partial charge in [0, 0.05) is 18.9 Å². The minimum atomic E-state index is -0.294. The van der Waals surface area contributed by atoms with Crippen LogP contribution >= 0.6 is 0 Å². The number of rotatable bonds is 6. The molecule has 0 amide bonds. The van der Waals surface area contributed by atoms with E-state index in [0.29, 0.717) is 17.6 Å². The van der Waals surface area contributed by atoms with Crippen molar-refractivity contribution in [2.75, 3.05) is 20.2 Å². The third-order valence-corrected chi connectivity index (χ3v) is 5.22. The Kier molecular flexibility index (Phi) is 4.70. The van der Waals surface area contributed by atoms with Gasteiger partial charge in [-0.05, 0) is 62.4 Å². The number of hydrogen-bond acceptors (Lipinski definition) is 5. The molecule has 2 fully saturated rings. The molecular weight excluding hydrogens is 321 g/mol. The number of likely N-dealkylation sites (tertiary alicyclic amines) is 1. The van der Waals surface area contributed by atoms with E-state index in [1.165, 1.54) is 20.0 Å². The monoisotopic (exact) mass is 345 g/mol. The molecule has 5 nitrogen and oxygen atoms in total. The van der Waals surface area contributed by atoms with Crippen molar-refractivity contribution in [2.24, 2.45) is 5.92 Å². The van der Waals surface area contributed by atoms with Crippen molar-refractivity contribution in [3.63, 3.8) is 0 Å². The highest BCUT2D eigenvalue weighted by Crippen LogP contribution is 2.38. The molecule has 1 saturated carbocycles. The Hall–Kier alpha value is -1.95. The van der Waals surface area contributed by atoms with Gasteiger partial charge in [0.1, 0.15) is 0 Å². The fraction of sp³-hybridized carbons (Fsp3) is 0.579. The Morgan fingerprint density at radius 3 is 2.72 bits per heavy atom. The zero-order valence-corrected chi connectivity index (χ0v) is 14.6. The third kappa shape index (κ3) is 4.00. The van der Waals surface area contributed by atoms with Crippen molar-refractivity contribution in [2.45, 2.75) is 44.6 Å². The summed E-state index contributed by atoms with van der Waals surface area (Å²) in [7, 11) is 1.49. The van der Waals surface area contributed by atoms with E-state index in [0.717, 1.165) is 56.2 Å². The lowest BCUT2D eigenvalue weighted by atomic mass is 9.93. The topological polar surface area (TPSA) is 51.4 Å². The molecule has 0 spiro atoms. The number of hydrogen-bond donors (Lipinski definition) is 0. The Morgan fingerprint density at radius 2 is 2.04 bits per heavy atom. The van der Waals surface area contributed by atoms with Crippen LogP contribution in [0.2, 0.25) is 0 Å². The molecule has 1 saturated heterocycles. The summed E-state index contributed by atoms with van der Waals surface area (Å²) in [5.74, 6) is 2.83. The summed E-state index contributed by atoms with van der Waals surface area (Å²) in [5.41, 5.74) is 0.989. The van der Waals surface area contributed by atoms with Gasteiger partial charge in [-0.2, -0.15) is 4.98 Å². The highest BCUT2D eigenvalue weighted by molar-refractivity contribution is 5.29. The molecule has 4 rings (SSSR count). The van der Waals surface area contributed by atoms with E-state index in [1.54, 1.807) is 12.1 Å². The average molecular weight is 345 g/mol. The number of ether oxygens (including phenoxy) is 1. The minimum Gasteiger partial charge on any atom is -0.494 e. The highest BCUT2D eigenvalue weighted by atomic mass is 19.1. The fourth-order valence-electron chi connectivity index (χ4n) is 3.52. The third-order valence-electron chi connectivity index (χ3n) is 5.22. The second-order valence-corrected chi connectivity index (χ2v) is 7.21. The van der Waals surface area contributed by atoms with Gasteiger partial charge in [-0.3, -0.25) is 4.90 Å². The van der Waals surface area contributed by atoms with Crippen LogP contribution in [0.1, 0.15) is 48.9 Å². The first-order valence-corrected chi connectivity index (χ1v) is 9.08. The van der Waals surface area contributed by atoms with Crippen molar-refractivity contribution in [1.82, 2.24) is 15.0 Å². The average Bonchev–Trinajstić information content (AvgIpc) is 3.37. The van der Waals surface area contributed by atoms with Crippen LogP contribution in [-0.2, 0) is 13.0 Å². The van der Waals surface area contributed by atoms with E-state index < -0.39 is 0 Å². The van der Waals surface area contributed by atoms with Gasteiger partial charge >= 0.3 is 0 Å². The van der Waals surface area contributed by atoms with Crippen molar-refractivity contribution in [1.29, 1.82) is 0 Å². The molecule has 1 aliphatic heterocycles. The predicted octanol–water partition coefficient (Wildman–Crippen LogP) is 3.55. The van der Waals surface area contributed by atoms with Crippen LogP contribution < -0.4 is 4.74 Å². The molecule has 1 aromatic carbocycles. The molecule has 0 unspecified atom stereocenters. The van der Waals surface area contributed by atoms with E-state index in [1.807, 2.05) is 6.07 Å². The van der Waals surface area contributed by atoms with Crippen LogP contribution in [0.25, 0.3) is 0 Å². The highest BCUT2D eigenvalue weighted by Gasteiger charge is 2.29. The maximum absolute atomic E-state index is 13.8. The summed E-state index contributed by atoms with van der Waals surface area (Å²) in [4.78, 5) is 6.91. The second kappa shape index (κ2) is 7.12. The van der Waals surface area contributed by atoms with Gasteiger partial charge in [0.2, 0.25) is 5.89 Å². The molecule has 25 heavy (non-hydrogen) atoms. The van der Waals surface area contributed by atoms with E-state index >= 15 is 0 Å². The molecule has 2 aliphatic rings. The minimum absolute atomic E-state index is 0.294. The number of nitrogens with zero attached hydrogens (tertiary/aromatic N) is 3. The lowest BCUT2D eigenvalue weighted by Gasteiger charge is -2.31. The quantitative estimate of drug-likeness (QED) is 0.801. The Balaban J connectivity index is 1.26. The SMILES string of the molecule is COc1ccc(CN2CCC(Cc3nc(C4CC4)no3)CC2)cc1F. The van der Waals surface area contributed by atoms with Crippen molar-refractivity contribution in [3.8, 4) is 5.75 Å². The summed E-state index contributed by atoms with van der Waals surface area (Å²) < 4.78 is 24.2. The molecule has 1 aromatic heterocycles. The van der Waals surface area contributed by atoms with Crippen LogP contribution in [-0.4, -0.2) is 35.2 Å². The van der Waals surface area contributed by atoms with Gasteiger partial charge in [-0.1, -0.05) is 11.2 Å². The van der Waals surface area contributed by atoms with E-state index in [4.69, 9.17) is 9.26 Å². The van der Waals surface area contributed by atoms with E-state index in [9.17, 15) is 4.39 Å². The Labute approximate surface area is 147 Å². The van der Waals surface area contributed by atoms with Crippen LogP contribution in [0.4, 0.5) is 4.39 Å². The van der Waals surface area contributed by atoms with Crippen molar-refractivity contribution in [3.05, 3.63) is 41.3 Å². The van der Waals surface area contributed by atoms with Crippen molar-refractivity contribution < 1.29 is 13.7 Å². The summed E-state index contributed by atoms with van der Waals surface area (Å²) in [6.07, 6.45) is 5.50. The molecule has 2 heterocycles. The Bertz CT molecular complexity index is 721. The van der Waals surface area contributed by atoms with Crippen LogP contribution in [0, 0.1) is 11.7 Å². The van der Waals surface area contributed by atoms with Crippen molar-refractivity contribution >= 4 is 0 Å². The zero-order valence-electron chi connectivity index (χ0n) is 14.6. The first kappa shape index (κ1) is 16.5. The summed E-state index contributed by atoms with van der Waals surface area (Å²) in [5, 5.41) is 4.09. The van der Waals surface area contributed by atoms with E-state index in [2.05, 4.69) is 15.0 Å². The van der Waals surface area contributed by atoms with Gasteiger partial charge in [-0.25, -0.2) is 4.39 Å². The summed E-state index contributed by atoms with van der Waals surface area (Å²) >= 11 is 0. The number of aromatic nitrogens is 2. The molecule has 0 atom stereocenters. The van der Waals surface area contributed by atoms with E-state index in [-0.39, 0.29) is 5.82 Å². The first-order chi connectivity index (χ1) is 12.2. The standard InChI is InChI=1S/C19H24FN3O2/c1-24-17-5-2-14(10-16(17)20)12-23-8-6-13(7-9-23)11-18-21-19(22-25-18)15-3-4-15/h2,5,10,13,15H,3-4,6-9,11-12H2,1H3. The smallest absolute Gasteiger partial charge is 0.226 e. The second-order valence-electron chi connectivity index (χ2n) is 7.21. The molecule has 0 bridgehead atoms. The first-order valence-electron chi connectivity index (χ1n) is 9.08. The normalized spacial score (nSPS) is 19.3.